The van der Waals surface area contributed by atoms with Crippen LogP contribution in [0.2, 0.25) is 10.0 Å². The van der Waals surface area contributed by atoms with Gasteiger partial charge in [0.15, 0.2) is 9.84 Å². The van der Waals surface area contributed by atoms with Crippen molar-refractivity contribution in [3.63, 3.8) is 0 Å². The lowest BCUT2D eigenvalue weighted by molar-refractivity contribution is -0.249. The summed E-state index contributed by atoms with van der Waals surface area (Å²) < 4.78 is 63.3. The number of benzene rings is 2. The molecule has 1 heterocycles. The molecule has 1 N–H and O–H groups in total. The molecule has 2 aromatic carbocycles. The molecule has 1 aliphatic heterocycles. The zero-order valence-electron chi connectivity index (χ0n) is 14.2. The summed E-state index contributed by atoms with van der Waals surface area (Å²) >= 11 is 11.8. The Balaban J connectivity index is 2.11. The number of nitrogens with zero attached hydrogens (tertiary/aromatic N) is 2. The number of sulfone groups is 1. The molecule has 0 aliphatic carbocycles. The first-order valence-corrected chi connectivity index (χ1v) is 10.4. The van der Waals surface area contributed by atoms with E-state index in [0.717, 1.165) is 11.2 Å². The van der Waals surface area contributed by atoms with Crippen molar-refractivity contribution >= 4 is 44.6 Å². The van der Waals surface area contributed by atoms with Crippen molar-refractivity contribution in [2.75, 3.05) is 17.7 Å². The number of amidine groups is 1. The number of alkyl halides is 3. The fraction of sp³-hybridized carbons (Fsp3) is 0.235. The molecular weight excluding hydrogens is 440 g/mol. The molecule has 0 aromatic heterocycles. The van der Waals surface area contributed by atoms with E-state index in [-0.39, 0.29) is 32.0 Å². The van der Waals surface area contributed by atoms with Gasteiger partial charge in [0.1, 0.15) is 5.84 Å². The third-order valence-corrected chi connectivity index (χ3v) is 6.00. The predicted octanol–water partition coefficient (Wildman–Crippen LogP) is 3.91. The third-order valence-electron chi connectivity index (χ3n) is 4.13. The lowest BCUT2D eigenvalue weighted by atomic mass is 10.1. The minimum Gasteiger partial charge on any atom is -0.361 e. The Morgan fingerprint density at radius 1 is 1.11 bits per heavy atom. The number of rotatable bonds is 3. The second-order valence-electron chi connectivity index (χ2n) is 6.23. The molecule has 1 atom stereocenters. The van der Waals surface area contributed by atoms with Crippen LogP contribution in [0, 0.1) is 0 Å². The van der Waals surface area contributed by atoms with Crippen molar-refractivity contribution in [2.24, 2.45) is 4.99 Å². The monoisotopic (exact) mass is 452 g/mol. The van der Waals surface area contributed by atoms with E-state index in [2.05, 4.69) is 4.99 Å². The fourth-order valence-electron chi connectivity index (χ4n) is 2.66. The molecule has 1 aliphatic rings. The van der Waals surface area contributed by atoms with Crippen LogP contribution < -0.4 is 4.90 Å². The average Bonchev–Trinajstić information content (AvgIpc) is 2.96. The van der Waals surface area contributed by atoms with Crippen molar-refractivity contribution in [2.45, 2.75) is 16.8 Å². The lowest BCUT2D eigenvalue weighted by Gasteiger charge is -2.26. The minimum absolute atomic E-state index is 0.00187. The zero-order chi connectivity index (χ0) is 20.9. The maximum Gasteiger partial charge on any atom is 0.440 e. The van der Waals surface area contributed by atoms with Gasteiger partial charge in [-0.15, -0.1) is 0 Å². The van der Waals surface area contributed by atoms with Crippen LogP contribution in [-0.2, 0) is 9.84 Å². The van der Waals surface area contributed by atoms with Crippen LogP contribution >= 0.6 is 23.2 Å². The smallest absolute Gasteiger partial charge is 0.361 e. The second kappa shape index (κ2) is 6.91. The molecule has 0 saturated carbocycles. The second-order valence-corrected chi connectivity index (χ2v) is 9.06. The van der Waals surface area contributed by atoms with E-state index in [1.807, 2.05) is 0 Å². The van der Waals surface area contributed by atoms with Gasteiger partial charge in [-0.3, -0.25) is 0 Å². The van der Waals surface area contributed by atoms with Crippen LogP contribution in [0.1, 0.15) is 5.56 Å². The van der Waals surface area contributed by atoms with Gasteiger partial charge in [-0.2, -0.15) is 13.2 Å². The Morgan fingerprint density at radius 3 is 2.21 bits per heavy atom. The highest BCUT2D eigenvalue weighted by Crippen LogP contribution is 2.39. The molecule has 0 amide bonds. The van der Waals surface area contributed by atoms with Gasteiger partial charge >= 0.3 is 6.18 Å². The predicted molar refractivity (Wildman–Crippen MR) is 101 cm³/mol. The van der Waals surface area contributed by atoms with Gasteiger partial charge in [-0.25, -0.2) is 13.4 Å². The summed E-state index contributed by atoms with van der Waals surface area (Å²) in [6, 6.07) is 9.36. The number of β-amino-alcohol motifs (C(OH)–C–C–N with tert-alkyl or cyclic N) is 1. The molecule has 150 valence electrons. The highest BCUT2D eigenvalue weighted by atomic mass is 35.5. The first kappa shape index (κ1) is 20.9. The van der Waals surface area contributed by atoms with Crippen LogP contribution in [-0.4, -0.2) is 44.1 Å². The molecule has 28 heavy (non-hydrogen) atoms. The zero-order valence-corrected chi connectivity index (χ0v) is 16.5. The number of hydrogen-bond donors (Lipinski definition) is 1. The topological polar surface area (TPSA) is 70.0 Å². The molecule has 0 fully saturated rings. The van der Waals surface area contributed by atoms with Crippen LogP contribution in [0.25, 0.3) is 0 Å². The highest BCUT2D eigenvalue weighted by molar-refractivity contribution is 7.90. The van der Waals surface area contributed by atoms with Gasteiger partial charge in [-0.1, -0.05) is 23.2 Å². The van der Waals surface area contributed by atoms with Crippen molar-refractivity contribution in [3.05, 3.63) is 58.1 Å². The Hall–Kier alpha value is -1.81. The number of halogens is 5. The molecule has 0 bridgehead atoms. The first-order chi connectivity index (χ1) is 12.8. The maximum absolute atomic E-state index is 13.4. The number of aliphatic imine (C=N–C) groups is 1. The number of anilines is 1. The van der Waals surface area contributed by atoms with Gasteiger partial charge in [0, 0.05) is 17.5 Å². The van der Waals surface area contributed by atoms with Crippen molar-refractivity contribution in [1.82, 2.24) is 0 Å². The summed E-state index contributed by atoms with van der Waals surface area (Å²) in [5.41, 5.74) is -2.90. The van der Waals surface area contributed by atoms with E-state index in [0.29, 0.717) is 0 Å². The largest absolute Gasteiger partial charge is 0.440 e. The van der Waals surface area contributed by atoms with Crippen molar-refractivity contribution < 1.29 is 26.7 Å². The molecule has 5 nitrogen and oxygen atoms in total. The molecule has 0 saturated heterocycles. The number of hydrogen-bond acceptors (Lipinski definition) is 5. The van der Waals surface area contributed by atoms with E-state index in [1.54, 1.807) is 0 Å². The maximum atomic E-state index is 13.4. The molecule has 3 rings (SSSR count). The summed E-state index contributed by atoms with van der Waals surface area (Å²) in [6.07, 6.45) is -4.00. The SMILES string of the molecule is CS(=O)(=O)c1ccc(C2=NC(O)(C(F)(F)F)CN2c2ccc(Cl)c(Cl)c2)cc1. The summed E-state index contributed by atoms with van der Waals surface area (Å²) in [6.45, 7) is -0.891. The van der Waals surface area contributed by atoms with E-state index >= 15 is 0 Å². The van der Waals surface area contributed by atoms with E-state index in [1.165, 1.54) is 42.5 Å². The van der Waals surface area contributed by atoms with Crippen molar-refractivity contribution in [1.29, 1.82) is 0 Å². The van der Waals surface area contributed by atoms with Crippen LogP contribution in [0.5, 0.6) is 0 Å². The molecule has 11 heteroatoms. The van der Waals surface area contributed by atoms with Gasteiger partial charge in [-0.05, 0) is 42.5 Å². The Labute approximate surface area is 168 Å². The Kier molecular flexibility index (Phi) is 5.16. The molecule has 1 unspecified atom stereocenters. The standard InChI is InChI=1S/C17H13Cl2F3N2O3S/c1-28(26,27)12-5-2-10(3-6-12)15-23-16(25,17(20,21)22)9-24(15)11-4-7-13(18)14(19)8-11/h2-8,25H,9H2,1H3. The quantitative estimate of drug-likeness (QED) is 0.765. The van der Waals surface area contributed by atoms with E-state index in [4.69, 9.17) is 23.2 Å². The summed E-state index contributed by atoms with van der Waals surface area (Å²) in [7, 11) is -3.48. The van der Waals surface area contributed by atoms with Gasteiger partial charge < -0.3 is 10.0 Å². The minimum atomic E-state index is -5.02. The van der Waals surface area contributed by atoms with Crippen molar-refractivity contribution in [3.8, 4) is 0 Å². The molecular formula is C17H13Cl2F3N2O3S. The van der Waals surface area contributed by atoms with Crippen LogP contribution in [0.4, 0.5) is 18.9 Å². The average molecular weight is 453 g/mol. The van der Waals surface area contributed by atoms with E-state index in [9.17, 15) is 26.7 Å². The van der Waals surface area contributed by atoms with Gasteiger partial charge in [0.2, 0.25) is 0 Å². The molecule has 2 aromatic rings. The summed E-state index contributed by atoms with van der Waals surface area (Å²) in [4.78, 5) is 4.66. The fourth-order valence-corrected chi connectivity index (χ4v) is 3.58. The third kappa shape index (κ3) is 3.84. The lowest BCUT2D eigenvalue weighted by Crippen LogP contribution is -2.47. The highest BCUT2D eigenvalue weighted by Gasteiger charge is 2.58. The van der Waals surface area contributed by atoms with Crippen LogP contribution in [0.3, 0.4) is 0 Å². The summed E-state index contributed by atoms with van der Waals surface area (Å²) in [5, 5.41) is 10.4. The normalized spacial score (nSPS) is 20.4. The molecule has 0 radical (unpaired) electrons. The van der Waals surface area contributed by atoms with Gasteiger partial charge in [0.25, 0.3) is 5.72 Å². The Bertz CT molecular complexity index is 1060. The summed E-state index contributed by atoms with van der Waals surface area (Å²) in [5.74, 6) is -0.182. The Morgan fingerprint density at radius 2 is 1.71 bits per heavy atom. The van der Waals surface area contributed by atoms with Gasteiger partial charge in [0.05, 0.1) is 21.5 Å². The first-order valence-electron chi connectivity index (χ1n) is 7.74. The molecule has 0 spiro atoms. The number of aliphatic hydroxyl groups is 1. The van der Waals surface area contributed by atoms with Crippen LogP contribution in [0.15, 0.2) is 52.4 Å². The van der Waals surface area contributed by atoms with E-state index < -0.39 is 28.3 Å².